The maximum atomic E-state index is 12.5. The molecule has 1 aromatic carbocycles. The van der Waals surface area contributed by atoms with E-state index in [0.29, 0.717) is 41.9 Å². The Morgan fingerprint density at radius 1 is 1.08 bits per heavy atom. The summed E-state index contributed by atoms with van der Waals surface area (Å²) in [6.45, 7) is 9.19. The fraction of sp³-hybridized carbons (Fsp3) is 0.750. The Hall–Kier alpha value is -1.72. The van der Waals surface area contributed by atoms with Crippen LogP contribution in [0.4, 0.5) is 0 Å². The van der Waals surface area contributed by atoms with Crippen LogP contribution in [-0.4, -0.2) is 34.5 Å². The summed E-state index contributed by atoms with van der Waals surface area (Å²) in [4.78, 5) is 12.5. The monoisotopic (exact) mass is 508 g/mol. The summed E-state index contributed by atoms with van der Waals surface area (Å²) in [5, 5.41) is 26.2. The molecule has 0 bridgehead atoms. The summed E-state index contributed by atoms with van der Waals surface area (Å²) in [6, 6.07) is 8.06. The molecule has 0 aliphatic heterocycles. The lowest BCUT2D eigenvalue weighted by molar-refractivity contribution is -0.174. The molecule has 0 aromatic heterocycles. The molecule has 0 saturated heterocycles. The number of carbonyl (C=O) groups excluding carboxylic acids is 1. The standard InChI is InChI=1S/C32H48N2O3/c1-20-5-8-22(9-6-20)19-33-34-30(37)14-7-21(2)26-12-13-27-25-11-10-23-17-24(35)15-16-31(23,3)28(25)18-29(36)32(26,27)4/h5-6,8-9,19,21,23-29,35-36H,7,10-18H2,1-4H3,(H,34,37)/b33-19+/t21-,23-,24-,25+,26-,27+,28+,29+,31+,32-/m1/s1. The molecule has 0 spiro atoms. The second-order valence-electron chi connectivity index (χ2n) is 13.6. The van der Waals surface area contributed by atoms with E-state index in [9.17, 15) is 15.0 Å². The minimum absolute atomic E-state index is 0.0371. The first-order chi connectivity index (χ1) is 17.6. The maximum Gasteiger partial charge on any atom is 0.240 e. The van der Waals surface area contributed by atoms with Crippen molar-refractivity contribution in [3.63, 3.8) is 0 Å². The van der Waals surface area contributed by atoms with Gasteiger partial charge in [-0.25, -0.2) is 5.43 Å². The van der Waals surface area contributed by atoms with Gasteiger partial charge in [0.25, 0.3) is 0 Å². The van der Waals surface area contributed by atoms with Gasteiger partial charge in [0, 0.05) is 6.42 Å². The molecule has 5 heteroatoms. The van der Waals surface area contributed by atoms with Crippen LogP contribution >= 0.6 is 0 Å². The van der Waals surface area contributed by atoms with Crippen LogP contribution in [0.3, 0.4) is 0 Å². The maximum absolute atomic E-state index is 12.5. The first kappa shape index (κ1) is 26.9. The van der Waals surface area contributed by atoms with Gasteiger partial charge in [0.1, 0.15) is 0 Å². The zero-order valence-corrected chi connectivity index (χ0v) is 23.3. The molecular weight excluding hydrogens is 460 g/mol. The van der Waals surface area contributed by atoms with Gasteiger partial charge < -0.3 is 10.2 Å². The average Bonchev–Trinajstić information content (AvgIpc) is 3.24. The van der Waals surface area contributed by atoms with E-state index in [2.05, 4.69) is 38.2 Å². The Labute approximate surface area is 223 Å². The molecule has 37 heavy (non-hydrogen) atoms. The van der Waals surface area contributed by atoms with Gasteiger partial charge in [0.15, 0.2) is 0 Å². The number of hydrogen-bond donors (Lipinski definition) is 3. The number of hydrogen-bond acceptors (Lipinski definition) is 4. The van der Waals surface area contributed by atoms with Crippen molar-refractivity contribution in [2.24, 2.45) is 51.4 Å². The highest BCUT2D eigenvalue weighted by atomic mass is 16.3. The van der Waals surface area contributed by atoms with E-state index in [1.165, 1.54) is 24.8 Å². The molecule has 4 aliphatic rings. The molecule has 4 saturated carbocycles. The van der Waals surface area contributed by atoms with E-state index in [0.717, 1.165) is 44.1 Å². The molecule has 1 aromatic rings. The van der Waals surface area contributed by atoms with Crippen LogP contribution in [0.15, 0.2) is 29.4 Å². The quantitative estimate of drug-likeness (QED) is 0.333. The summed E-state index contributed by atoms with van der Waals surface area (Å²) in [5.41, 5.74) is 5.09. The number of amides is 1. The summed E-state index contributed by atoms with van der Waals surface area (Å²) < 4.78 is 0. The average molecular weight is 509 g/mol. The fourth-order valence-corrected chi connectivity index (χ4v) is 9.61. The summed E-state index contributed by atoms with van der Waals surface area (Å²) in [5.74, 6) is 3.27. The van der Waals surface area contributed by atoms with Crippen molar-refractivity contribution < 1.29 is 15.0 Å². The highest BCUT2D eigenvalue weighted by Crippen LogP contribution is 2.68. The second-order valence-corrected chi connectivity index (χ2v) is 13.6. The highest BCUT2D eigenvalue weighted by molar-refractivity contribution is 5.82. The van der Waals surface area contributed by atoms with Crippen molar-refractivity contribution in [1.29, 1.82) is 0 Å². The Bertz CT molecular complexity index is 992. The first-order valence-electron chi connectivity index (χ1n) is 14.9. The van der Waals surface area contributed by atoms with Gasteiger partial charge in [-0.2, -0.15) is 5.10 Å². The van der Waals surface area contributed by atoms with Gasteiger partial charge in [0.2, 0.25) is 5.91 Å². The third-order valence-corrected chi connectivity index (χ3v) is 11.8. The van der Waals surface area contributed by atoms with Crippen LogP contribution in [-0.2, 0) is 4.79 Å². The zero-order chi connectivity index (χ0) is 26.4. The molecule has 3 N–H and O–H groups in total. The normalized spacial score (nSPS) is 42.1. The Kier molecular flexibility index (Phi) is 7.59. The number of hydrazone groups is 1. The number of aliphatic hydroxyl groups is 2. The fourth-order valence-electron chi connectivity index (χ4n) is 9.61. The van der Waals surface area contributed by atoms with E-state index < -0.39 is 0 Å². The highest BCUT2D eigenvalue weighted by Gasteiger charge is 2.63. The second kappa shape index (κ2) is 10.4. The smallest absolute Gasteiger partial charge is 0.240 e. The van der Waals surface area contributed by atoms with Gasteiger partial charge in [-0.05, 0) is 117 Å². The van der Waals surface area contributed by atoms with Crippen LogP contribution in [0.1, 0.15) is 96.1 Å². The number of nitrogens with one attached hydrogen (secondary N) is 1. The van der Waals surface area contributed by atoms with Gasteiger partial charge >= 0.3 is 0 Å². The third kappa shape index (κ3) is 4.91. The lowest BCUT2D eigenvalue weighted by Crippen LogP contribution is -2.58. The Morgan fingerprint density at radius 3 is 2.59 bits per heavy atom. The van der Waals surface area contributed by atoms with E-state index in [1.54, 1.807) is 6.21 Å². The molecular formula is C32H48N2O3. The molecule has 10 atom stereocenters. The summed E-state index contributed by atoms with van der Waals surface area (Å²) in [6.07, 6.45) is 11.4. The van der Waals surface area contributed by atoms with Gasteiger partial charge in [-0.1, -0.05) is 50.6 Å². The zero-order valence-electron chi connectivity index (χ0n) is 23.3. The van der Waals surface area contributed by atoms with Crippen LogP contribution < -0.4 is 5.43 Å². The number of carbonyl (C=O) groups is 1. The first-order valence-corrected chi connectivity index (χ1v) is 14.9. The summed E-state index contributed by atoms with van der Waals surface area (Å²) >= 11 is 0. The van der Waals surface area contributed by atoms with Crippen molar-refractivity contribution in [2.75, 3.05) is 0 Å². The topological polar surface area (TPSA) is 81.9 Å². The predicted molar refractivity (Wildman–Crippen MR) is 148 cm³/mol. The Balaban J connectivity index is 1.19. The van der Waals surface area contributed by atoms with Crippen molar-refractivity contribution in [3.8, 4) is 0 Å². The molecule has 0 radical (unpaired) electrons. The largest absolute Gasteiger partial charge is 0.393 e. The van der Waals surface area contributed by atoms with Crippen LogP contribution in [0.2, 0.25) is 0 Å². The number of rotatable bonds is 6. The minimum Gasteiger partial charge on any atom is -0.393 e. The molecule has 4 aliphatic carbocycles. The lowest BCUT2D eigenvalue weighted by atomic mass is 9.43. The van der Waals surface area contributed by atoms with Gasteiger partial charge in [0.05, 0.1) is 18.4 Å². The van der Waals surface area contributed by atoms with Crippen molar-refractivity contribution in [1.82, 2.24) is 5.43 Å². The van der Waals surface area contributed by atoms with Crippen molar-refractivity contribution in [2.45, 2.75) is 104 Å². The Morgan fingerprint density at radius 2 is 1.84 bits per heavy atom. The summed E-state index contributed by atoms with van der Waals surface area (Å²) in [7, 11) is 0. The third-order valence-electron chi connectivity index (χ3n) is 11.8. The van der Waals surface area contributed by atoms with Gasteiger partial charge in [-0.3, -0.25) is 4.79 Å². The van der Waals surface area contributed by atoms with E-state index in [1.807, 2.05) is 24.3 Å². The van der Waals surface area contributed by atoms with E-state index in [4.69, 9.17) is 0 Å². The van der Waals surface area contributed by atoms with Crippen molar-refractivity contribution in [3.05, 3.63) is 35.4 Å². The number of benzene rings is 1. The molecule has 0 heterocycles. The molecule has 4 fully saturated rings. The van der Waals surface area contributed by atoms with Crippen LogP contribution in [0.25, 0.3) is 0 Å². The van der Waals surface area contributed by atoms with E-state index >= 15 is 0 Å². The molecule has 0 unspecified atom stereocenters. The number of aryl methyl sites for hydroxylation is 1. The lowest BCUT2D eigenvalue weighted by Gasteiger charge is -2.62. The number of fused-ring (bicyclic) bond motifs is 5. The molecule has 1 amide bonds. The van der Waals surface area contributed by atoms with Crippen LogP contribution in [0, 0.1) is 53.3 Å². The van der Waals surface area contributed by atoms with E-state index in [-0.39, 0.29) is 28.9 Å². The van der Waals surface area contributed by atoms with Crippen LogP contribution in [0.5, 0.6) is 0 Å². The van der Waals surface area contributed by atoms with Crippen molar-refractivity contribution >= 4 is 12.1 Å². The number of nitrogens with zero attached hydrogens (tertiary/aromatic N) is 1. The molecule has 204 valence electrons. The minimum atomic E-state index is -0.274. The molecule has 5 rings (SSSR count). The molecule has 5 nitrogen and oxygen atoms in total. The number of aliphatic hydroxyl groups excluding tert-OH is 2. The predicted octanol–water partition coefficient (Wildman–Crippen LogP) is 5.85. The SMILES string of the molecule is Cc1ccc(/C=N/NC(=O)CC[C@@H](C)[C@H]2CC[C@H]3[C@@H]4CC[C@@H]5C[C@H](O)CC[C@]5(C)[C@H]4C[C@H](O)[C@]23C)cc1. The van der Waals surface area contributed by atoms with Gasteiger partial charge in [-0.15, -0.1) is 0 Å².